The molecule has 5 nitrogen and oxygen atoms in total. The third-order valence-electron chi connectivity index (χ3n) is 4.24. The van der Waals surface area contributed by atoms with Gasteiger partial charge in [0.2, 0.25) is 5.91 Å². The molecular formula is C21H27NO4S. The van der Waals surface area contributed by atoms with Crippen LogP contribution in [0.25, 0.3) is 0 Å². The molecule has 1 heterocycles. The molecule has 0 aliphatic heterocycles. The molecule has 0 unspecified atom stereocenters. The summed E-state index contributed by atoms with van der Waals surface area (Å²) in [5, 5.41) is 3.41. The van der Waals surface area contributed by atoms with Gasteiger partial charge in [-0.05, 0) is 56.9 Å². The summed E-state index contributed by atoms with van der Waals surface area (Å²) < 4.78 is 10.9. The number of carbonyl (C=O) groups excluding carboxylic acids is 2. The quantitative estimate of drug-likeness (QED) is 0.489. The lowest BCUT2D eigenvalue weighted by molar-refractivity contribution is -0.116. The Morgan fingerprint density at radius 3 is 2.67 bits per heavy atom. The van der Waals surface area contributed by atoms with Crippen molar-refractivity contribution in [1.82, 2.24) is 0 Å². The number of esters is 1. The number of hydrogen-bond donors (Lipinski definition) is 1. The van der Waals surface area contributed by atoms with Gasteiger partial charge < -0.3 is 14.8 Å². The second-order valence-corrected chi connectivity index (χ2v) is 7.36. The monoisotopic (exact) mass is 389 g/mol. The van der Waals surface area contributed by atoms with E-state index in [-0.39, 0.29) is 5.91 Å². The van der Waals surface area contributed by atoms with Crippen LogP contribution in [0.3, 0.4) is 0 Å². The average molecular weight is 390 g/mol. The minimum Gasteiger partial charge on any atom is -0.493 e. The predicted molar refractivity (Wildman–Crippen MR) is 109 cm³/mol. The van der Waals surface area contributed by atoms with Crippen molar-refractivity contribution in [2.45, 2.75) is 47.0 Å². The highest BCUT2D eigenvalue weighted by molar-refractivity contribution is 7.16. The smallest absolute Gasteiger partial charge is 0.341 e. The summed E-state index contributed by atoms with van der Waals surface area (Å²) in [6.07, 6.45) is 1.73. The zero-order valence-electron chi connectivity index (χ0n) is 16.4. The van der Waals surface area contributed by atoms with Crippen molar-refractivity contribution < 1.29 is 19.1 Å². The van der Waals surface area contributed by atoms with Crippen molar-refractivity contribution in [2.75, 3.05) is 18.5 Å². The first-order chi connectivity index (χ1) is 13.0. The van der Waals surface area contributed by atoms with Gasteiger partial charge in [-0.25, -0.2) is 4.79 Å². The molecule has 1 aromatic heterocycles. The molecule has 0 fully saturated rings. The Hall–Kier alpha value is -2.34. The van der Waals surface area contributed by atoms with Crippen LogP contribution in [0.15, 0.2) is 24.3 Å². The molecule has 0 aliphatic carbocycles. The van der Waals surface area contributed by atoms with Gasteiger partial charge in [0.05, 0.1) is 18.8 Å². The highest BCUT2D eigenvalue weighted by Crippen LogP contribution is 2.29. The molecule has 2 aromatic rings. The number of ether oxygens (including phenoxy) is 2. The van der Waals surface area contributed by atoms with E-state index in [1.165, 1.54) is 16.9 Å². The van der Waals surface area contributed by atoms with Crippen molar-refractivity contribution in [2.24, 2.45) is 0 Å². The maximum absolute atomic E-state index is 12.3. The summed E-state index contributed by atoms with van der Waals surface area (Å²) in [7, 11) is 0. The van der Waals surface area contributed by atoms with Crippen LogP contribution in [0.5, 0.6) is 5.75 Å². The summed E-state index contributed by atoms with van der Waals surface area (Å²) in [5.74, 6) is 0.322. The largest absolute Gasteiger partial charge is 0.493 e. The standard InChI is InChI=1S/C21H27NO4S/c1-5-16-13-17(21(24)25-6-2)20(27-16)22-19(23)11-8-12-26-18-10-7-9-14(3)15(18)4/h7,9-10,13H,5-6,8,11-12H2,1-4H3,(H,22,23). The highest BCUT2D eigenvalue weighted by Gasteiger charge is 2.18. The second-order valence-electron chi connectivity index (χ2n) is 6.23. The molecule has 1 aromatic carbocycles. The summed E-state index contributed by atoms with van der Waals surface area (Å²) in [6, 6.07) is 7.74. The van der Waals surface area contributed by atoms with Crippen LogP contribution >= 0.6 is 11.3 Å². The molecular weight excluding hydrogens is 362 g/mol. The summed E-state index contributed by atoms with van der Waals surface area (Å²) in [6.45, 7) is 8.61. The zero-order valence-corrected chi connectivity index (χ0v) is 17.2. The average Bonchev–Trinajstić information content (AvgIpc) is 3.05. The highest BCUT2D eigenvalue weighted by atomic mass is 32.1. The summed E-state index contributed by atoms with van der Waals surface area (Å²) in [4.78, 5) is 25.4. The molecule has 0 radical (unpaired) electrons. The number of hydrogen-bond acceptors (Lipinski definition) is 5. The number of rotatable bonds is 9. The topological polar surface area (TPSA) is 64.6 Å². The number of amides is 1. The van der Waals surface area contributed by atoms with Crippen LogP contribution in [0.1, 0.15) is 53.1 Å². The SMILES string of the molecule is CCOC(=O)c1cc(CC)sc1NC(=O)CCCOc1cccc(C)c1C. The molecule has 0 aliphatic rings. The van der Waals surface area contributed by atoms with E-state index >= 15 is 0 Å². The Balaban J connectivity index is 1.87. The van der Waals surface area contributed by atoms with E-state index in [1.807, 2.05) is 39.0 Å². The van der Waals surface area contributed by atoms with E-state index in [1.54, 1.807) is 13.0 Å². The van der Waals surface area contributed by atoms with E-state index < -0.39 is 5.97 Å². The third kappa shape index (κ3) is 5.82. The van der Waals surface area contributed by atoms with Crippen LogP contribution < -0.4 is 10.1 Å². The van der Waals surface area contributed by atoms with Gasteiger partial charge in [-0.2, -0.15) is 0 Å². The van der Waals surface area contributed by atoms with E-state index in [0.717, 1.165) is 22.6 Å². The molecule has 0 bridgehead atoms. The Bertz CT molecular complexity index is 797. The fraction of sp³-hybridized carbons (Fsp3) is 0.429. The molecule has 0 saturated carbocycles. The number of carbonyl (C=O) groups is 2. The van der Waals surface area contributed by atoms with Crippen molar-refractivity contribution >= 4 is 28.2 Å². The van der Waals surface area contributed by atoms with Crippen LogP contribution in [0.4, 0.5) is 5.00 Å². The van der Waals surface area contributed by atoms with Gasteiger partial charge in [-0.15, -0.1) is 11.3 Å². The minimum atomic E-state index is -0.401. The van der Waals surface area contributed by atoms with Gasteiger partial charge in [0.15, 0.2) is 0 Å². The molecule has 146 valence electrons. The third-order valence-corrected chi connectivity index (χ3v) is 5.44. The number of benzene rings is 1. The molecule has 1 amide bonds. The first kappa shape index (κ1) is 21.0. The van der Waals surface area contributed by atoms with Crippen molar-refractivity contribution in [3.05, 3.63) is 45.8 Å². The lowest BCUT2D eigenvalue weighted by Gasteiger charge is -2.11. The maximum Gasteiger partial charge on any atom is 0.341 e. The van der Waals surface area contributed by atoms with Crippen molar-refractivity contribution in [3.8, 4) is 5.75 Å². The predicted octanol–water partition coefficient (Wildman–Crippen LogP) is 4.90. The molecule has 2 rings (SSSR count). The number of nitrogens with one attached hydrogen (secondary N) is 1. The molecule has 6 heteroatoms. The van der Waals surface area contributed by atoms with Gasteiger partial charge in [-0.1, -0.05) is 19.1 Å². The number of aryl methyl sites for hydroxylation is 2. The summed E-state index contributed by atoms with van der Waals surface area (Å²) >= 11 is 1.42. The normalized spacial score (nSPS) is 10.5. The first-order valence-electron chi connectivity index (χ1n) is 9.24. The lowest BCUT2D eigenvalue weighted by atomic mass is 10.1. The molecule has 0 saturated heterocycles. The van der Waals surface area contributed by atoms with E-state index in [4.69, 9.17) is 9.47 Å². The van der Waals surface area contributed by atoms with E-state index in [9.17, 15) is 9.59 Å². The van der Waals surface area contributed by atoms with Crippen LogP contribution in [-0.4, -0.2) is 25.1 Å². The van der Waals surface area contributed by atoms with Gasteiger partial charge in [0.25, 0.3) is 0 Å². The number of anilines is 1. The number of thiophene rings is 1. The fourth-order valence-corrected chi connectivity index (χ4v) is 3.55. The van der Waals surface area contributed by atoms with Crippen molar-refractivity contribution in [3.63, 3.8) is 0 Å². The van der Waals surface area contributed by atoms with E-state index in [2.05, 4.69) is 5.32 Å². The molecule has 0 spiro atoms. The van der Waals surface area contributed by atoms with Gasteiger partial charge in [-0.3, -0.25) is 4.79 Å². The van der Waals surface area contributed by atoms with Crippen LogP contribution in [0, 0.1) is 13.8 Å². The van der Waals surface area contributed by atoms with Crippen molar-refractivity contribution in [1.29, 1.82) is 0 Å². The van der Waals surface area contributed by atoms with Gasteiger partial charge >= 0.3 is 5.97 Å². The zero-order chi connectivity index (χ0) is 19.8. The summed E-state index contributed by atoms with van der Waals surface area (Å²) in [5.41, 5.74) is 2.73. The van der Waals surface area contributed by atoms with Gasteiger partial charge in [0.1, 0.15) is 10.8 Å². The molecule has 0 atom stereocenters. The second kappa shape index (κ2) is 10.1. The van der Waals surface area contributed by atoms with E-state index in [0.29, 0.717) is 36.6 Å². The lowest BCUT2D eigenvalue weighted by Crippen LogP contribution is -2.15. The Morgan fingerprint density at radius 2 is 1.96 bits per heavy atom. The molecule has 27 heavy (non-hydrogen) atoms. The first-order valence-corrected chi connectivity index (χ1v) is 10.1. The maximum atomic E-state index is 12.3. The Kier molecular flexibility index (Phi) is 7.85. The Labute approximate surface area is 164 Å². The molecule has 1 N–H and O–H groups in total. The van der Waals surface area contributed by atoms with Gasteiger partial charge in [0, 0.05) is 11.3 Å². The fourth-order valence-electron chi connectivity index (χ4n) is 2.55. The van der Waals surface area contributed by atoms with Crippen LogP contribution in [0.2, 0.25) is 0 Å². The minimum absolute atomic E-state index is 0.130. The van der Waals surface area contributed by atoms with Crippen LogP contribution in [-0.2, 0) is 16.0 Å². The Morgan fingerprint density at radius 1 is 1.19 bits per heavy atom.